The molecular formula is C26H41ClN4O3. The lowest BCUT2D eigenvalue weighted by Crippen LogP contribution is -2.52. The highest BCUT2D eigenvalue weighted by atomic mass is 35.5. The van der Waals surface area contributed by atoms with Gasteiger partial charge in [-0.15, -0.1) is 0 Å². The summed E-state index contributed by atoms with van der Waals surface area (Å²) in [6.07, 6.45) is 3.86. The molecule has 1 N–H and O–H groups in total. The van der Waals surface area contributed by atoms with Gasteiger partial charge in [0.1, 0.15) is 18.1 Å². The third kappa shape index (κ3) is 6.25. The van der Waals surface area contributed by atoms with Crippen LogP contribution in [0.15, 0.2) is 18.2 Å². The zero-order valence-corrected chi connectivity index (χ0v) is 22.2. The fourth-order valence-electron chi connectivity index (χ4n) is 4.75. The zero-order chi connectivity index (χ0) is 24.7. The number of halogens is 1. The molecule has 2 heterocycles. The molecule has 1 fully saturated rings. The molecule has 8 heteroatoms. The number of para-hydroxylation sites is 1. The van der Waals surface area contributed by atoms with Crippen LogP contribution in [0.2, 0.25) is 5.02 Å². The van der Waals surface area contributed by atoms with Crippen molar-refractivity contribution in [1.29, 1.82) is 0 Å². The number of ether oxygens (including phenoxy) is 2. The van der Waals surface area contributed by atoms with Gasteiger partial charge in [-0.2, -0.15) is 0 Å². The van der Waals surface area contributed by atoms with Gasteiger partial charge < -0.3 is 29.2 Å². The van der Waals surface area contributed by atoms with E-state index in [4.69, 9.17) is 21.1 Å². The maximum atomic E-state index is 14.1. The van der Waals surface area contributed by atoms with Crippen LogP contribution >= 0.6 is 11.6 Å². The second-order valence-electron chi connectivity index (χ2n) is 9.62. The van der Waals surface area contributed by atoms with Crippen molar-refractivity contribution >= 4 is 28.4 Å². The fraction of sp³-hybridized carbons (Fsp3) is 0.654. The van der Waals surface area contributed by atoms with E-state index in [0.717, 1.165) is 62.0 Å². The minimum Gasteiger partial charge on any atom is -0.490 e. The molecule has 0 bridgehead atoms. The molecule has 1 aromatic heterocycles. The second-order valence-corrected chi connectivity index (χ2v) is 10.0. The predicted octanol–water partition coefficient (Wildman–Crippen LogP) is 4.26. The summed E-state index contributed by atoms with van der Waals surface area (Å²) in [5.41, 5.74) is 1.47. The average molecular weight is 493 g/mol. The van der Waals surface area contributed by atoms with Gasteiger partial charge in [-0.25, -0.2) is 0 Å². The normalized spacial score (nSPS) is 16.5. The summed E-state index contributed by atoms with van der Waals surface area (Å²) >= 11 is 6.97. The van der Waals surface area contributed by atoms with E-state index in [9.17, 15) is 4.79 Å². The number of hydrogen-bond donors (Lipinski definition) is 1. The molecule has 1 atom stereocenters. The van der Waals surface area contributed by atoms with Crippen LogP contribution in [0.4, 0.5) is 0 Å². The van der Waals surface area contributed by atoms with E-state index in [-0.39, 0.29) is 18.0 Å². The molecule has 2 aromatic rings. The smallest absolute Gasteiger partial charge is 0.272 e. The average Bonchev–Trinajstić information content (AvgIpc) is 3.09. The number of hydrogen-bond acceptors (Lipinski definition) is 5. The Morgan fingerprint density at radius 3 is 2.71 bits per heavy atom. The summed E-state index contributed by atoms with van der Waals surface area (Å²) in [6, 6.07) is 6.14. The Bertz CT molecular complexity index is 938. The lowest BCUT2D eigenvalue weighted by molar-refractivity contribution is 0.0562. The van der Waals surface area contributed by atoms with E-state index >= 15 is 0 Å². The van der Waals surface area contributed by atoms with E-state index in [1.165, 1.54) is 0 Å². The number of nitrogens with zero attached hydrogens (tertiary/aromatic N) is 3. The van der Waals surface area contributed by atoms with Gasteiger partial charge in [-0.05, 0) is 66.2 Å². The predicted molar refractivity (Wildman–Crippen MR) is 139 cm³/mol. The van der Waals surface area contributed by atoms with Crippen LogP contribution in [-0.2, 0) is 11.3 Å². The molecule has 0 unspecified atom stereocenters. The van der Waals surface area contributed by atoms with E-state index in [0.29, 0.717) is 30.5 Å². The highest BCUT2D eigenvalue weighted by Gasteiger charge is 2.33. The third-order valence-corrected chi connectivity index (χ3v) is 6.80. The van der Waals surface area contributed by atoms with Crippen molar-refractivity contribution in [3.8, 4) is 5.75 Å². The summed E-state index contributed by atoms with van der Waals surface area (Å²) in [5.74, 6) is 0.762. The first-order valence-corrected chi connectivity index (χ1v) is 12.8. The highest BCUT2D eigenvalue weighted by Crippen LogP contribution is 2.38. The minimum absolute atomic E-state index is 0.00381. The van der Waals surface area contributed by atoms with Gasteiger partial charge in [-0.3, -0.25) is 4.79 Å². The quantitative estimate of drug-likeness (QED) is 0.448. The number of unbranched alkanes of at least 4 members (excludes halogenated alkanes) is 1. The SMILES string of the molecule is COCCCCn1c(C(=O)N(C(C)C)[C@@H]2CCCNC2)c(Cl)c2cccc(OCCN(C)C)c21. The Hall–Kier alpha value is -1.80. The first-order chi connectivity index (χ1) is 16.4. The number of likely N-dealkylation sites (N-methyl/N-ethyl adjacent to an activating group) is 1. The molecule has 34 heavy (non-hydrogen) atoms. The summed E-state index contributed by atoms with van der Waals surface area (Å²) in [6.45, 7) is 8.72. The largest absolute Gasteiger partial charge is 0.490 e. The van der Waals surface area contributed by atoms with Gasteiger partial charge in [0, 0.05) is 50.8 Å². The minimum atomic E-state index is -0.00381. The van der Waals surface area contributed by atoms with Crippen LogP contribution < -0.4 is 10.1 Å². The third-order valence-electron chi connectivity index (χ3n) is 6.42. The molecule has 1 aliphatic rings. The summed E-state index contributed by atoms with van der Waals surface area (Å²) < 4.78 is 13.5. The summed E-state index contributed by atoms with van der Waals surface area (Å²) in [4.78, 5) is 18.2. The number of piperidine rings is 1. The molecule has 1 aliphatic heterocycles. The number of methoxy groups -OCH3 is 1. The van der Waals surface area contributed by atoms with Gasteiger partial charge in [0.2, 0.25) is 0 Å². The number of carbonyl (C=O) groups is 1. The molecule has 0 radical (unpaired) electrons. The van der Waals surface area contributed by atoms with E-state index in [2.05, 4.69) is 28.6 Å². The Balaban J connectivity index is 2.05. The van der Waals surface area contributed by atoms with Crippen molar-refractivity contribution in [2.24, 2.45) is 0 Å². The fourth-order valence-corrected chi connectivity index (χ4v) is 5.09. The van der Waals surface area contributed by atoms with E-state index < -0.39 is 0 Å². The number of benzene rings is 1. The number of carbonyl (C=O) groups excluding carboxylic acids is 1. The lowest BCUT2D eigenvalue weighted by Gasteiger charge is -2.38. The Labute approximate surface area is 209 Å². The van der Waals surface area contributed by atoms with Crippen LogP contribution in [0, 0.1) is 0 Å². The van der Waals surface area contributed by atoms with Gasteiger partial charge in [0.25, 0.3) is 5.91 Å². The maximum Gasteiger partial charge on any atom is 0.272 e. The summed E-state index contributed by atoms with van der Waals surface area (Å²) in [5, 5.41) is 4.83. The van der Waals surface area contributed by atoms with Gasteiger partial charge in [0.05, 0.1) is 10.5 Å². The van der Waals surface area contributed by atoms with Crippen molar-refractivity contribution in [3.05, 3.63) is 28.9 Å². The molecular weight excluding hydrogens is 452 g/mol. The van der Waals surface area contributed by atoms with Crippen molar-refractivity contribution in [2.75, 3.05) is 54.1 Å². The number of nitrogens with one attached hydrogen (secondary N) is 1. The molecule has 1 amide bonds. The Morgan fingerprint density at radius 2 is 2.06 bits per heavy atom. The number of aryl methyl sites for hydroxylation is 1. The van der Waals surface area contributed by atoms with Crippen molar-refractivity contribution < 1.29 is 14.3 Å². The molecule has 3 rings (SSSR count). The maximum absolute atomic E-state index is 14.1. The zero-order valence-electron chi connectivity index (χ0n) is 21.4. The van der Waals surface area contributed by atoms with Gasteiger partial charge in [-0.1, -0.05) is 23.7 Å². The van der Waals surface area contributed by atoms with E-state index in [1.807, 2.05) is 37.2 Å². The van der Waals surface area contributed by atoms with Crippen LogP contribution in [0.3, 0.4) is 0 Å². The topological polar surface area (TPSA) is 59.0 Å². The number of fused-ring (bicyclic) bond motifs is 1. The first kappa shape index (κ1) is 26.8. The lowest BCUT2D eigenvalue weighted by atomic mass is 10.0. The molecule has 0 spiro atoms. The Kier molecular flexibility index (Phi) is 10.1. The molecule has 7 nitrogen and oxygen atoms in total. The molecule has 190 valence electrons. The molecule has 1 aromatic carbocycles. The number of amides is 1. The van der Waals surface area contributed by atoms with Crippen LogP contribution in [0.1, 0.15) is 50.0 Å². The van der Waals surface area contributed by atoms with Crippen LogP contribution in [0.25, 0.3) is 10.9 Å². The molecule has 0 saturated carbocycles. The molecule has 0 aliphatic carbocycles. The van der Waals surface area contributed by atoms with Gasteiger partial charge in [0.15, 0.2) is 0 Å². The van der Waals surface area contributed by atoms with Crippen LogP contribution in [-0.4, -0.2) is 86.4 Å². The monoisotopic (exact) mass is 492 g/mol. The van der Waals surface area contributed by atoms with Gasteiger partial charge >= 0.3 is 0 Å². The van der Waals surface area contributed by atoms with Crippen molar-refractivity contribution in [2.45, 2.75) is 58.2 Å². The standard InChI is InChI=1S/C26H41ClN4O3/c1-19(2)31(20-10-9-13-28-18-20)26(32)25-23(27)21-11-8-12-22(34-17-15-29(3)4)24(21)30(25)14-6-7-16-33-5/h8,11-12,19-20,28H,6-7,9-10,13-18H2,1-5H3/t20-/m1/s1. The first-order valence-electron chi connectivity index (χ1n) is 12.5. The number of aromatic nitrogens is 1. The van der Waals surface area contributed by atoms with E-state index in [1.54, 1.807) is 7.11 Å². The molecule has 1 saturated heterocycles. The Morgan fingerprint density at radius 1 is 1.26 bits per heavy atom. The van der Waals surface area contributed by atoms with Crippen LogP contribution in [0.5, 0.6) is 5.75 Å². The summed E-state index contributed by atoms with van der Waals surface area (Å²) in [7, 11) is 5.76. The highest BCUT2D eigenvalue weighted by molar-refractivity contribution is 6.39. The van der Waals surface area contributed by atoms with Crippen molar-refractivity contribution in [1.82, 2.24) is 19.7 Å². The number of rotatable bonds is 12. The second kappa shape index (κ2) is 12.8. The van der Waals surface area contributed by atoms with Crippen molar-refractivity contribution in [3.63, 3.8) is 0 Å².